The van der Waals surface area contributed by atoms with Crippen molar-refractivity contribution < 1.29 is 14.3 Å². The van der Waals surface area contributed by atoms with Crippen LogP contribution in [0.1, 0.15) is 18.4 Å². The Morgan fingerprint density at radius 3 is 2.79 bits per heavy atom. The number of anilines is 1. The predicted octanol–water partition coefficient (Wildman–Crippen LogP) is 3.31. The summed E-state index contributed by atoms with van der Waals surface area (Å²) in [6.45, 7) is 2.49. The first kappa shape index (κ1) is 21.0. The van der Waals surface area contributed by atoms with Crippen molar-refractivity contribution in [3.8, 4) is 0 Å². The molecule has 2 heterocycles. The molecule has 1 saturated heterocycles. The number of nitrogens with one attached hydrogen (secondary N) is 1. The molecule has 1 aromatic carbocycles. The summed E-state index contributed by atoms with van der Waals surface area (Å²) in [5.74, 6) is -0.229. The van der Waals surface area contributed by atoms with Crippen LogP contribution in [-0.4, -0.2) is 52.9 Å². The summed E-state index contributed by atoms with van der Waals surface area (Å²) in [5, 5.41) is 12.0. The van der Waals surface area contributed by atoms with E-state index in [1.165, 1.54) is 30.2 Å². The van der Waals surface area contributed by atoms with Crippen LogP contribution in [0.15, 0.2) is 28.6 Å². The molecule has 0 saturated carbocycles. The first-order chi connectivity index (χ1) is 13.5. The number of halogens is 1. The highest BCUT2D eigenvalue weighted by Gasteiger charge is 2.26. The highest BCUT2D eigenvalue weighted by Crippen LogP contribution is 2.27. The van der Waals surface area contributed by atoms with Gasteiger partial charge >= 0.3 is 5.97 Å². The molecule has 2 aromatic rings. The molecule has 0 radical (unpaired) electrons. The second-order valence-corrected chi connectivity index (χ2v) is 8.98. The molecule has 1 aliphatic rings. The molecule has 10 heteroatoms. The van der Waals surface area contributed by atoms with Gasteiger partial charge in [0, 0.05) is 17.5 Å². The largest absolute Gasteiger partial charge is 0.468 e. The van der Waals surface area contributed by atoms with Gasteiger partial charge in [0.15, 0.2) is 4.34 Å². The first-order valence-electron chi connectivity index (χ1n) is 8.85. The molecular formula is C18H21ClN4O3S2. The molecular weight excluding hydrogens is 420 g/mol. The monoisotopic (exact) mass is 440 g/mol. The van der Waals surface area contributed by atoms with E-state index >= 15 is 0 Å². The molecule has 1 amide bonds. The standard InChI is InChI=1S/C18H21ClN4O3S2/c1-26-15(24)11-27-18-22-21-17(28-18)20-16(25)12-6-8-23(9-7-12)10-13-4-2-3-5-14(13)19/h2-5,12H,6-11H2,1H3,(H,20,21,25). The molecule has 150 valence electrons. The lowest BCUT2D eigenvalue weighted by molar-refractivity contribution is -0.137. The molecule has 1 aromatic heterocycles. The number of piperidine rings is 1. The maximum atomic E-state index is 12.5. The molecule has 0 bridgehead atoms. The minimum Gasteiger partial charge on any atom is -0.468 e. The number of carbonyl (C=O) groups excluding carboxylic acids is 2. The van der Waals surface area contributed by atoms with E-state index < -0.39 is 0 Å². The normalized spacial score (nSPS) is 15.4. The molecule has 0 spiro atoms. The van der Waals surface area contributed by atoms with E-state index in [0.717, 1.165) is 43.1 Å². The number of nitrogens with zero attached hydrogens (tertiary/aromatic N) is 3. The van der Waals surface area contributed by atoms with Gasteiger partial charge in [-0.25, -0.2) is 0 Å². The number of ether oxygens (including phenoxy) is 1. The lowest BCUT2D eigenvalue weighted by Crippen LogP contribution is -2.37. The number of amides is 1. The number of carbonyl (C=O) groups is 2. The Morgan fingerprint density at radius 1 is 1.32 bits per heavy atom. The van der Waals surface area contributed by atoms with Gasteiger partial charge in [0.1, 0.15) is 0 Å². The van der Waals surface area contributed by atoms with E-state index in [9.17, 15) is 9.59 Å². The van der Waals surface area contributed by atoms with Crippen LogP contribution < -0.4 is 5.32 Å². The van der Waals surface area contributed by atoms with Gasteiger partial charge < -0.3 is 10.1 Å². The Labute approximate surface area is 176 Å². The van der Waals surface area contributed by atoms with Crippen LogP contribution >= 0.6 is 34.7 Å². The van der Waals surface area contributed by atoms with Crippen molar-refractivity contribution in [2.24, 2.45) is 5.92 Å². The first-order valence-corrected chi connectivity index (χ1v) is 11.0. The van der Waals surface area contributed by atoms with E-state index in [1.54, 1.807) is 0 Å². The second kappa shape index (κ2) is 10.2. The summed E-state index contributed by atoms with van der Waals surface area (Å²) in [4.78, 5) is 26.0. The number of benzene rings is 1. The topological polar surface area (TPSA) is 84.4 Å². The summed E-state index contributed by atoms with van der Waals surface area (Å²) in [7, 11) is 1.34. The second-order valence-electron chi connectivity index (χ2n) is 6.37. The van der Waals surface area contributed by atoms with Crippen LogP contribution in [0.25, 0.3) is 0 Å². The molecule has 0 atom stereocenters. The molecule has 0 unspecified atom stereocenters. The van der Waals surface area contributed by atoms with E-state index in [0.29, 0.717) is 9.47 Å². The average molecular weight is 441 g/mol. The van der Waals surface area contributed by atoms with Gasteiger partial charge in [-0.15, -0.1) is 10.2 Å². The van der Waals surface area contributed by atoms with Crippen molar-refractivity contribution in [3.05, 3.63) is 34.9 Å². The number of rotatable bonds is 7. The zero-order valence-electron chi connectivity index (χ0n) is 15.4. The fourth-order valence-corrected chi connectivity index (χ4v) is 4.71. The van der Waals surface area contributed by atoms with E-state index in [2.05, 4.69) is 25.2 Å². The molecule has 0 aliphatic carbocycles. The Hall–Kier alpha value is -1.68. The Kier molecular flexibility index (Phi) is 7.66. The third-order valence-corrected chi connectivity index (χ3v) is 6.80. The number of esters is 1. The number of methoxy groups -OCH3 is 1. The number of likely N-dealkylation sites (tertiary alicyclic amines) is 1. The van der Waals surface area contributed by atoms with Crippen LogP contribution in [0.3, 0.4) is 0 Å². The molecule has 28 heavy (non-hydrogen) atoms. The third-order valence-electron chi connectivity index (χ3n) is 4.49. The van der Waals surface area contributed by atoms with Gasteiger partial charge in [-0.2, -0.15) is 0 Å². The lowest BCUT2D eigenvalue weighted by atomic mass is 9.95. The van der Waals surface area contributed by atoms with Crippen LogP contribution in [0.2, 0.25) is 5.02 Å². The smallest absolute Gasteiger partial charge is 0.316 e. The Bertz CT molecular complexity index is 825. The zero-order valence-corrected chi connectivity index (χ0v) is 17.8. The SMILES string of the molecule is COC(=O)CSc1nnc(NC(=O)C2CCN(Cc3ccccc3Cl)CC2)s1. The van der Waals surface area contributed by atoms with Gasteiger partial charge in [-0.1, -0.05) is 52.9 Å². The molecule has 3 rings (SSSR count). The van der Waals surface area contributed by atoms with Gasteiger partial charge in [0.2, 0.25) is 11.0 Å². The average Bonchev–Trinajstić information content (AvgIpc) is 3.15. The van der Waals surface area contributed by atoms with E-state index in [4.69, 9.17) is 11.6 Å². The number of aromatic nitrogens is 2. The predicted molar refractivity (Wildman–Crippen MR) is 111 cm³/mol. The van der Waals surface area contributed by atoms with Gasteiger partial charge in [0.05, 0.1) is 12.9 Å². The zero-order chi connectivity index (χ0) is 19.9. The third kappa shape index (κ3) is 5.91. The molecule has 7 nitrogen and oxygen atoms in total. The van der Waals surface area contributed by atoms with Crippen LogP contribution in [0.4, 0.5) is 5.13 Å². The maximum absolute atomic E-state index is 12.5. The fraction of sp³-hybridized carbons (Fsp3) is 0.444. The highest BCUT2D eigenvalue weighted by molar-refractivity contribution is 8.01. The quantitative estimate of drug-likeness (QED) is 0.401. The Balaban J connectivity index is 1.44. The summed E-state index contributed by atoms with van der Waals surface area (Å²) in [6.07, 6.45) is 1.58. The van der Waals surface area contributed by atoms with Crippen molar-refractivity contribution in [3.63, 3.8) is 0 Å². The maximum Gasteiger partial charge on any atom is 0.316 e. The number of hydrogen-bond donors (Lipinski definition) is 1. The molecule has 1 N–H and O–H groups in total. The lowest BCUT2D eigenvalue weighted by Gasteiger charge is -2.31. The summed E-state index contributed by atoms with van der Waals surface area (Å²) in [6, 6.07) is 7.85. The van der Waals surface area contributed by atoms with Crippen molar-refractivity contribution >= 4 is 51.7 Å². The summed E-state index contributed by atoms with van der Waals surface area (Å²) >= 11 is 8.73. The van der Waals surface area contributed by atoms with Crippen molar-refractivity contribution in [2.45, 2.75) is 23.7 Å². The van der Waals surface area contributed by atoms with Crippen molar-refractivity contribution in [2.75, 3.05) is 31.3 Å². The van der Waals surface area contributed by atoms with Gasteiger partial charge in [-0.3, -0.25) is 14.5 Å². The van der Waals surface area contributed by atoms with E-state index in [1.807, 2.05) is 24.3 Å². The van der Waals surface area contributed by atoms with E-state index in [-0.39, 0.29) is 23.5 Å². The minimum absolute atomic E-state index is 0.0296. The minimum atomic E-state index is -0.325. The number of hydrogen-bond acceptors (Lipinski definition) is 8. The summed E-state index contributed by atoms with van der Waals surface area (Å²) < 4.78 is 5.21. The van der Waals surface area contributed by atoms with Crippen LogP contribution in [-0.2, 0) is 20.9 Å². The molecule has 1 fully saturated rings. The Morgan fingerprint density at radius 2 is 2.07 bits per heavy atom. The van der Waals surface area contributed by atoms with Gasteiger partial charge in [0.25, 0.3) is 0 Å². The fourth-order valence-electron chi connectivity index (χ4n) is 2.93. The van der Waals surface area contributed by atoms with Crippen LogP contribution in [0, 0.1) is 5.92 Å². The van der Waals surface area contributed by atoms with Crippen molar-refractivity contribution in [1.29, 1.82) is 0 Å². The summed E-state index contributed by atoms with van der Waals surface area (Å²) in [5.41, 5.74) is 1.11. The van der Waals surface area contributed by atoms with Crippen molar-refractivity contribution in [1.82, 2.24) is 15.1 Å². The van der Waals surface area contributed by atoms with Crippen LogP contribution in [0.5, 0.6) is 0 Å². The highest BCUT2D eigenvalue weighted by atomic mass is 35.5. The number of thioether (sulfide) groups is 1. The molecule has 1 aliphatic heterocycles. The van der Waals surface area contributed by atoms with Gasteiger partial charge in [-0.05, 0) is 37.6 Å².